The molecule has 0 saturated carbocycles. The Balaban J connectivity index is 1.45. The average molecular weight is 413 g/mol. The number of aliphatic hydroxyl groups excluding tert-OH is 1. The Kier molecular flexibility index (Phi) is 5.64. The van der Waals surface area contributed by atoms with Crippen LogP contribution in [0.4, 0.5) is 5.13 Å². The monoisotopic (exact) mass is 412 g/mol. The van der Waals surface area contributed by atoms with E-state index in [1.54, 1.807) is 11.1 Å². The molecule has 7 nitrogen and oxygen atoms in total. The molecule has 1 aliphatic heterocycles. The largest absolute Gasteiger partial charge is 0.487 e. The Hall–Kier alpha value is -2.71. The van der Waals surface area contributed by atoms with Gasteiger partial charge in [-0.25, -0.2) is 4.98 Å². The molecule has 1 fully saturated rings. The van der Waals surface area contributed by atoms with E-state index in [1.165, 1.54) is 11.3 Å². The third kappa shape index (κ3) is 4.04. The Bertz CT molecular complexity index is 1020. The van der Waals surface area contributed by atoms with Gasteiger partial charge in [0.1, 0.15) is 22.8 Å². The second-order valence-corrected chi connectivity index (χ2v) is 8.05. The van der Waals surface area contributed by atoms with Crippen molar-refractivity contribution in [3.63, 3.8) is 0 Å². The van der Waals surface area contributed by atoms with Gasteiger partial charge in [0.2, 0.25) is 0 Å². The Morgan fingerprint density at radius 2 is 2.24 bits per heavy atom. The van der Waals surface area contributed by atoms with E-state index in [9.17, 15) is 9.90 Å². The van der Waals surface area contributed by atoms with E-state index in [4.69, 9.17) is 4.74 Å². The molecule has 2 atom stereocenters. The summed E-state index contributed by atoms with van der Waals surface area (Å²) in [6, 6.07) is 9.53. The number of hydrogen-bond donors (Lipinski definition) is 2. The van der Waals surface area contributed by atoms with Gasteiger partial charge in [0.25, 0.3) is 5.91 Å². The van der Waals surface area contributed by atoms with Crippen molar-refractivity contribution < 1.29 is 14.6 Å². The molecular formula is C21H24N4O3S. The van der Waals surface area contributed by atoms with Gasteiger partial charge in [-0.1, -0.05) is 17.4 Å². The third-order valence-corrected chi connectivity index (χ3v) is 6.11. The molecule has 1 aromatic carbocycles. The quantitative estimate of drug-likeness (QED) is 0.670. The van der Waals surface area contributed by atoms with Gasteiger partial charge in [-0.15, -0.1) is 0 Å². The maximum atomic E-state index is 12.9. The van der Waals surface area contributed by atoms with Crippen molar-refractivity contribution in [3.05, 3.63) is 47.1 Å². The van der Waals surface area contributed by atoms with Crippen LogP contribution in [-0.4, -0.2) is 57.7 Å². The molecule has 4 rings (SSSR count). The first-order chi connectivity index (χ1) is 14.1. The number of hydrogen-bond acceptors (Lipinski definition) is 7. The predicted octanol–water partition coefficient (Wildman–Crippen LogP) is 3.09. The number of fused-ring (bicyclic) bond motifs is 1. The number of β-amino-alcohol motifs (C(OH)–C–C–N with tert-alkyl or cyclic N) is 1. The Morgan fingerprint density at radius 1 is 1.38 bits per heavy atom. The van der Waals surface area contributed by atoms with Crippen molar-refractivity contribution in [1.82, 2.24) is 14.9 Å². The van der Waals surface area contributed by atoms with Crippen LogP contribution in [0, 0.1) is 6.92 Å². The number of aromatic nitrogens is 2. The average Bonchev–Trinajstić information content (AvgIpc) is 3.09. The summed E-state index contributed by atoms with van der Waals surface area (Å²) in [7, 11) is 0. The number of nitrogens with zero attached hydrogens (tertiary/aromatic N) is 3. The second kappa shape index (κ2) is 8.34. The van der Waals surface area contributed by atoms with Gasteiger partial charge >= 0.3 is 0 Å². The topological polar surface area (TPSA) is 87.6 Å². The molecule has 1 amide bonds. The molecule has 152 valence electrons. The van der Waals surface area contributed by atoms with Gasteiger partial charge in [0.05, 0.1) is 17.8 Å². The van der Waals surface area contributed by atoms with Crippen LogP contribution < -0.4 is 10.1 Å². The zero-order valence-electron chi connectivity index (χ0n) is 16.5. The van der Waals surface area contributed by atoms with Gasteiger partial charge in [0.15, 0.2) is 5.13 Å². The number of ether oxygens (including phenoxy) is 1. The number of piperidine rings is 1. The molecule has 2 aromatic heterocycles. The van der Waals surface area contributed by atoms with Crippen molar-refractivity contribution in [1.29, 1.82) is 0 Å². The number of pyridine rings is 1. The number of aryl methyl sites for hydroxylation is 1. The maximum Gasteiger partial charge on any atom is 0.266 e. The van der Waals surface area contributed by atoms with Crippen LogP contribution in [0.5, 0.6) is 5.75 Å². The number of thiazole rings is 1. The van der Waals surface area contributed by atoms with Crippen molar-refractivity contribution in [2.24, 2.45) is 0 Å². The minimum absolute atomic E-state index is 0.0870. The highest BCUT2D eigenvalue weighted by Gasteiger charge is 2.33. The van der Waals surface area contributed by atoms with Crippen molar-refractivity contribution in [2.75, 3.05) is 25.0 Å². The van der Waals surface area contributed by atoms with Crippen LogP contribution in [0.25, 0.3) is 10.9 Å². The summed E-state index contributed by atoms with van der Waals surface area (Å²) in [5.41, 5.74) is 1.57. The number of nitrogens with one attached hydrogen (secondary N) is 1. The Labute approximate surface area is 173 Å². The first kappa shape index (κ1) is 19.6. The van der Waals surface area contributed by atoms with E-state index < -0.39 is 6.10 Å². The Morgan fingerprint density at radius 3 is 3.03 bits per heavy atom. The molecule has 1 aliphatic rings. The number of benzene rings is 1. The lowest BCUT2D eigenvalue weighted by atomic mass is 10.0. The molecule has 0 unspecified atom stereocenters. The third-order valence-electron chi connectivity index (χ3n) is 5.01. The van der Waals surface area contributed by atoms with Gasteiger partial charge < -0.3 is 20.1 Å². The number of carbonyl (C=O) groups excluding carboxylic acids is 1. The zero-order valence-corrected chi connectivity index (χ0v) is 17.3. The molecule has 0 aliphatic carbocycles. The van der Waals surface area contributed by atoms with E-state index in [0.717, 1.165) is 22.6 Å². The summed E-state index contributed by atoms with van der Waals surface area (Å²) in [4.78, 5) is 24.0. The summed E-state index contributed by atoms with van der Waals surface area (Å²) in [5.74, 6) is 0.615. The first-order valence-corrected chi connectivity index (χ1v) is 10.6. The van der Waals surface area contributed by atoms with Crippen molar-refractivity contribution in [2.45, 2.75) is 32.5 Å². The number of amides is 1. The van der Waals surface area contributed by atoms with Crippen LogP contribution >= 0.6 is 11.3 Å². The number of anilines is 1. The van der Waals surface area contributed by atoms with E-state index >= 15 is 0 Å². The molecule has 0 spiro atoms. The van der Waals surface area contributed by atoms with E-state index in [-0.39, 0.29) is 18.6 Å². The smallest absolute Gasteiger partial charge is 0.266 e. The zero-order chi connectivity index (χ0) is 20.4. The van der Waals surface area contributed by atoms with Crippen LogP contribution in [-0.2, 0) is 0 Å². The van der Waals surface area contributed by atoms with E-state index in [0.29, 0.717) is 29.3 Å². The molecule has 29 heavy (non-hydrogen) atoms. The minimum atomic E-state index is -0.763. The molecule has 3 heterocycles. The lowest BCUT2D eigenvalue weighted by molar-refractivity contribution is -0.0192. The second-order valence-electron chi connectivity index (χ2n) is 7.05. The minimum Gasteiger partial charge on any atom is -0.487 e. The first-order valence-electron chi connectivity index (χ1n) is 9.76. The number of aliphatic hydroxyl groups is 1. The van der Waals surface area contributed by atoms with Crippen LogP contribution in [0.3, 0.4) is 0 Å². The standard InChI is InChI=1S/C21H24N4O3S/c1-3-22-21-24-13(2)19(29-21)20(27)25-11-9-18(16(26)12-25)28-17-8-4-7-15-14(17)6-5-10-23-15/h4-8,10,16,18,26H,3,9,11-12H2,1-2H3,(H,22,24)/t16-,18-/m1/s1. The molecule has 2 N–H and O–H groups in total. The van der Waals surface area contributed by atoms with Gasteiger partial charge in [-0.3, -0.25) is 9.78 Å². The highest BCUT2D eigenvalue weighted by Crippen LogP contribution is 2.29. The SMILES string of the molecule is CCNc1nc(C)c(C(=O)N2CC[C@@H](Oc3cccc4ncccc34)[C@H](O)C2)s1. The summed E-state index contributed by atoms with van der Waals surface area (Å²) >= 11 is 1.36. The van der Waals surface area contributed by atoms with E-state index in [1.807, 2.05) is 44.2 Å². The van der Waals surface area contributed by atoms with Crippen LogP contribution in [0.1, 0.15) is 28.7 Å². The fourth-order valence-electron chi connectivity index (χ4n) is 3.54. The number of carbonyl (C=O) groups is 1. The highest BCUT2D eigenvalue weighted by atomic mass is 32.1. The van der Waals surface area contributed by atoms with Gasteiger partial charge in [-0.05, 0) is 38.1 Å². The molecule has 1 saturated heterocycles. The molecular weight excluding hydrogens is 388 g/mol. The lowest BCUT2D eigenvalue weighted by Gasteiger charge is -2.36. The number of likely N-dealkylation sites (tertiary alicyclic amines) is 1. The summed E-state index contributed by atoms with van der Waals surface area (Å²) in [6.07, 6.45) is 1.17. The van der Waals surface area contributed by atoms with Gasteiger partial charge in [-0.2, -0.15) is 0 Å². The molecule has 0 bridgehead atoms. The summed E-state index contributed by atoms with van der Waals surface area (Å²) in [5, 5.41) is 15.5. The normalized spacial score (nSPS) is 19.3. The van der Waals surface area contributed by atoms with E-state index in [2.05, 4.69) is 15.3 Å². The van der Waals surface area contributed by atoms with Crippen molar-refractivity contribution >= 4 is 33.3 Å². The fourth-order valence-corrected chi connectivity index (χ4v) is 4.54. The molecule has 3 aromatic rings. The summed E-state index contributed by atoms with van der Waals surface area (Å²) < 4.78 is 6.13. The van der Waals surface area contributed by atoms with Crippen LogP contribution in [0.2, 0.25) is 0 Å². The lowest BCUT2D eigenvalue weighted by Crippen LogP contribution is -2.51. The highest BCUT2D eigenvalue weighted by molar-refractivity contribution is 7.17. The molecule has 0 radical (unpaired) electrons. The fraction of sp³-hybridized carbons (Fsp3) is 0.381. The van der Waals surface area contributed by atoms with Crippen molar-refractivity contribution in [3.8, 4) is 5.75 Å². The van der Waals surface area contributed by atoms with Crippen LogP contribution in [0.15, 0.2) is 36.5 Å². The molecule has 8 heteroatoms. The summed E-state index contributed by atoms with van der Waals surface area (Å²) in [6.45, 7) is 5.35. The number of rotatable bonds is 5. The predicted molar refractivity (Wildman–Crippen MR) is 114 cm³/mol. The maximum absolute atomic E-state index is 12.9. The van der Waals surface area contributed by atoms with Gasteiger partial charge in [0, 0.05) is 31.1 Å².